The summed E-state index contributed by atoms with van der Waals surface area (Å²) in [5.41, 5.74) is 0. The monoisotopic (exact) mass is 199 g/mol. The maximum Gasteiger partial charge on any atom is 0.241 e. The second-order valence-corrected chi connectivity index (χ2v) is 0.372. The standard InChI is InChI=1S/CH4NO2.2CH3.Ag/c1-2(3)4;;;/h3-4H,1H2;2*1H3;/q+1;2*-1;. The predicted octanol–water partition coefficient (Wildman–Crippen LogP) is 0.376. The summed E-state index contributed by atoms with van der Waals surface area (Å²) >= 11 is 0. The Morgan fingerprint density at radius 2 is 1.14 bits per heavy atom. The maximum atomic E-state index is 7.33. The van der Waals surface area contributed by atoms with Gasteiger partial charge in [0.25, 0.3) is 0 Å². The number of hydrogen-bond acceptors (Lipinski definition) is 2. The fraction of sp³-hybridized carbons (Fsp3) is 0. The van der Waals surface area contributed by atoms with E-state index in [0.717, 1.165) is 0 Å². The molecule has 0 aromatic carbocycles. The first-order chi connectivity index (χ1) is 1.73. The van der Waals surface area contributed by atoms with Gasteiger partial charge in [-0.1, -0.05) is 0 Å². The van der Waals surface area contributed by atoms with Crippen molar-refractivity contribution in [2.75, 3.05) is 0 Å². The Morgan fingerprint density at radius 3 is 1.14 bits per heavy atom. The summed E-state index contributed by atoms with van der Waals surface area (Å²) in [4.78, 5) is -0.250. The molecule has 0 amide bonds. The zero-order chi connectivity index (χ0) is 3.58. The van der Waals surface area contributed by atoms with E-state index in [0.29, 0.717) is 0 Å². The van der Waals surface area contributed by atoms with Gasteiger partial charge in [0.1, 0.15) is 0 Å². The van der Waals surface area contributed by atoms with Gasteiger partial charge in [0.2, 0.25) is 6.72 Å². The molecule has 7 heavy (non-hydrogen) atoms. The smallest absolute Gasteiger partial charge is 0.241 e. The van der Waals surface area contributed by atoms with E-state index in [4.69, 9.17) is 10.4 Å². The SMILES string of the molecule is C=[N+](O)O.[Ag].[CH3-].[CH3-]. The Balaban J connectivity index is -0.0000000150. The average Bonchev–Trinajstić information content (AvgIpc) is 0.811. The summed E-state index contributed by atoms with van der Waals surface area (Å²) < 4.78 is 0. The van der Waals surface area contributed by atoms with Crippen molar-refractivity contribution in [3.63, 3.8) is 0 Å². The molecule has 0 atom stereocenters. The van der Waals surface area contributed by atoms with Crippen LogP contribution in [-0.2, 0) is 22.4 Å². The summed E-state index contributed by atoms with van der Waals surface area (Å²) in [5.74, 6) is 0. The first-order valence-electron chi connectivity index (χ1n) is 0.716. The van der Waals surface area contributed by atoms with E-state index in [1.54, 1.807) is 0 Å². The molecule has 0 saturated heterocycles. The molecule has 1 radical (unpaired) electrons. The van der Waals surface area contributed by atoms with E-state index in [9.17, 15) is 0 Å². The van der Waals surface area contributed by atoms with Gasteiger partial charge in [0.15, 0.2) is 4.90 Å². The molecule has 0 aromatic rings. The molecular formula is C3H10AgNO2-. The topological polar surface area (TPSA) is 43.5 Å². The predicted molar refractivity (Wildman–Crippen MR) is 23.8 cm³/mol. The summed E-state index contributed by atoms with van der Waals surface area (Å²) in [6.07, 6.45) is 0. The Morgan fingerprint density at radius 1 is 1.14 bits per heavy atom. The first-order valence-corrected chi connectivity index (χ1v) is 0.716. The molecule has 2 N–H and O–H groups in total. The molecule has 0 aliphatic heterocycles. The van der Waals surface area contributed by atoms with Crippen molar-refractivity contribution < 1.29 is 37.7 Å². The number of rotatable bonds is 0. The van der Waals surface area contributed by atoms with Crippen molar-refractivity contribution >= 4 is 6.72 Å². The number of nitrogens with zero attached hydrogens (tertiary/aromatic N) is 1. The number of hydrogen-bond donors (Lipinski definition) is 2. The molecule has 0 aromatic heterocycles. The average molecular weight is 200 g/mol. The normalized spacial score (nSPS) is 3.43. The molecule has 0 rings (SSSR count). The van der Waals surface area contributed by atoms with Gasteiger partial charge in [-0.05, 0) is 0 Å². The van der Waals surface area contributed by atoms with Gasteiger partial charge in [0.05, 0.1) is 0 Å². The summed E-state index contributed by atoms with van der Waals surface area (Å²) in [5, 5.41) is 14.7. The minimum Gasteiger partial charge on any atom is -0.358 e. The summed E-state index contributed by atoms with van der Waals surface area (Å²) in [6, 6.07) is 0. The van der Waals surface area contributed by atoms with Gasteiger partial charge >= 0.3 is 0 Å². The molecule has 51 valence electrons. The van der Waals surface area contributed by atoms with Crippen LogP contribution in [0.2, 0.25) is 0 Å². The van der Waals surface area contributed by atoms with Crippen molar-refractivity contribution in [2.24, 2.45) is 0 Å². The van der Waals surface area contributed by atoms with Crippen LogP contribution < -0.4 is 0 Å². The fourth-order valence-corrected chi connectivity index (χ4v) is 0. The second kappa shape index (κ2) is 16.6. The van der Waals surface area contributed by atoms with Crippen LogP contribution in [0.3, 0.4) is 0 Å². The van der Waals surface area contributed by atoms with Gasteiger partial charge in [-0.3, -0.25) is 0 Å². The van der Waals surface area contributed by atoms with Crippen LogP contribution in [0.5, 0.6) is 0 Å². The van der Waals surface area contributed by atoms with Gasteiger partial charge in [0, 0.05) is 22.4 Å². The van der Waals surface area contributed by atoms with Crippen LogP contribution in [0.25, 0.3) is 0 Å². The van der Waals surface area contributed by atoms with Crippen molar-refractivity contribution in [2.45, 2.75) is 0 Å². The third-order valence-electron chi connectivity index (χ3n) is 0. The Hall–Kier alpha value is 0.0103. The Kier molecular flexibility index (Phi) is 66.5. The van der Waals surface area contributed by atoms with Crippen LogP contribution in [-0.4, -0.2) is 22.0 Å². The first kappa shape index (κ1) is 27.9. The largest absolute Gasteiger partial charge is 0.358 e. The molecule has 0 spiro atoms. The maximum absolute atomic E-state index is 7.33. The molecule has 0 bridgehead atoms. The van der Waals surface area contributed by atoms with Gasteiger partial charge in [-0.15, -0.1) is 0 Å². The molecule has 0 fully saturated rings. The second-order valence-electron chi connectivity index (χ2n) is 0.372. The van der Waals surface area contributed by atoms with Crippen LogP contribution in [0.1, 0.15) is 0 Å². The van der Waals surface area contributed by atoms with E-state index in [1.165, 1.54) is 0 Å². The Bertz CT molecular complexity index is 35.9. The molecular weight excluding hydrogens is 190 g/mol. The van der Waals surface area contributed by atoms with Crippen LogP contribution >= 0.6 is 0 Å². The van der Waals surface area contributed by atoms with Gasteiger partial charge in [-0.2, -0.15) is 0 Å². The van der Waals surface area contributed by atoms with Crippen molar-refractivity contribution in [3.05, 3.63) is 14.9 Å². The van der Waals surface area contributed by atoms with Crippen molar-refractivity contribution in [3.8, 4) is 0 Å². The van der Waals surface area contributed by atoms with E-state index < -0.39 is 0 Å². The van der Waals surface area contributed by atoms with E-state index >= 15 is 0 Å². The summed E-state index contributed by atoms with van der Waals surface area (Å²) in [7, 11) is 0. The quantitative estimate of drug-likeness (QED) is 0.195. The third kappa shape index (κ3) is 918000. The molecule has 4 heteroatoms. The van der Waals surface area contributed by atoms with Gasteiger partial charge < -0.3 is 14.9 Å². The molecule has 0 aliphatic rings. The summed E-state index contributed by atoms with van der Waals surface area (Å²) in [6.45, 7) is 2.58. The van der Waals surface area contributed by atoms with E-state index in [-0.39, 0.29) is 42.1 Å². The third-order valence-corrected chi connectivity index (χ3v) is 0. The molecule has 0 heterocycles. The van der Waals surface area contributed by atoms with E-state index in [1.807, 2.05) is 0 Å². The zero-order valence-corrected chi connectivity index (χ0v) is 5.83. The molecule has 0 saturated carbocycles. The zero-order valence-electron chi connectivity index (χ0n) is 4.35. The molecule has 3 nitrogen and oxygen atoms in total. The molecule has 0 aliphatic carbocycles. The van der Waals surface area contributed by atoms with Crippen molar-refractivity contribution in [1.29, 1.82) is 0 Å². The van der Waals surface area contributed by atoms with Gasteiger partial charge in [-0.25, -0.2) is 10.4 Å². The van der Waals surface area contributed by atoms with E-state index in [2.05, 4.69) is 6.72 Å². The minimum absolute atomic E-state index is 0. The van der Waals surface area contributed by atoms with Crippen LogP contribution in [0, 0.1) is 14.9 Å². The van der Waals surface area contributed by atoms with Crippen molar-refractivity contribution in [1.82, 2.24) is 0 Å². The Labute approximate surface area is 59.7 Å². The van der Waals surface area contributed by atoms with Crippen LogP contribution in [0.15, 0.2) is 0 Å². The molecule has 0 unspecified atom stereocenters. The fourth-order valence-electron chi connectivity index (χ4n) is 0. The van der Waals surface area contributed by atoms with Crippen LogP contribution in [0.4, 0.5) is 0 Å². The minimum atomic E-state index is -0.250.